The summed E-state index contributed by atoms with van der Waals surface area (Å²) in [5.41, 5.74) is 0.801. The van der Waals surface area contributed by atoms with Crippen LogP contribution >= 0.6 is 0 Å². The first-order valence-electron chi connectivity index (χ1n) is 7.21. The van der Waals surface area contributed by atoms with Gasteiger partial charge in [0.1, 0.15) is 11.9 Å². The first kappa shape index (κ1) is 15.7. The summed E-state index contributed by atoms with van der Waals surface area (Å²) < 4.78 is 28.6. The van der Waals surface area contributed by atoms with E-state index in [4.69, 9.17) is 0 Å². The number of aromatic amines is 1. The molecule has 1 fully saturated rings. The van der Waals surface area contributed by atoms with E-state index >= 15 is 0 Å². The van der Waals surface area contributed by atoms with Crippen molar-refractivity contribution in [2.75, 3.05) is 11.4 Å². The highest BCUT2D eigenvalue weighted by Gasteiger charge is 2.34. The number of amides is 1. The Morgan fingerprint density at radius 1 is 1.43 bits per heavy atom. The number of imidazole rings is 1. The maximum atomic E-state index is 12.7. The molecule has 1 amide bonds. The van der Waals surface area contributed by atoms with Crippen molar-refractivity contribution in [3.63, 3.8) is 0 Å². The van der Waals surface area contributed by atoms with E-state index in [0.29, 0.717) is 25.2 Å². The van der Waals surface area contributed by atoms with Crippen LogP contribution in [-0.2, 0) is 21.9 Å². The number of carbonyl (C=O) groups is 1. The molecule has 0 saturated carbocycles. The van der Waals surface area contributed by atoms with Gasteiger partial charge < -0.3 is 4.98 Å². The smallest absolute Gasteiger partial charge is 0.258 e. The number of rotatable bonds is 4. The molecule has 2 aromatic rings. The summed E-state index contributed by atoms with van der Waals surface area (Å²) in [6, 6.07) is 1.01. The van der Waals surface area contributed by atoms with Crippen molar-refractivity contribution >= 4 is 21.7 Å². The molecule has 23 heavy (non-hydrogen) atoms. The fourth-order valence-electron chi connectivity index (χ4n) is 2.70. The lowest BCUT2D eigenvalue weighted by Gasteiger charge is -2.32. The van der Waals surface area contributed by atoms with E-state index in [0.717, 1.165) is 5.69 Å². The second-order valence-corrected chi connectivity index (χ2v) is 7.17. The van der Waals surface area contributed by atoms with Gasteiger partial charge in [0.25, 0.3) is 10.0 Å². The molecule has 1 aliphatic heterocycles. The van der Waals surface area contributed by atoms with Gasteiger partial charge in [0, 0.05) is 19.7 Å². The lowest BCUT2D eigenvalue weighted by Crippen LogP contribution is -2.52. The van der Waals surface area contributed by atoms with Crippen LogP contribution in [0.2, 0.25) is 0 Å². The van der Waals surface area contributed by atoms with Crippen molar-refractivity contribution < 1.29 is 13.2 Å². The maximum absolute atomic E-state index is 12.7. The lowest BCUT2D eigenvalue weighted by atomic mass is 10.1. The zero-order valence-electron chi connectivity index (χ0n) is 12.9. The first-order valence-corrected chi connectivity index (χ1v) is 8.69. The Morgan fingerprint density at radius 2 is 2.22 bits per heavy atom. The Hall–Kier alpha value is -2.20. The Balaban J connectivity index is 1.82. The monoisotopic (exact) mass is 338 g/mol. The third-order valence-corrected chi connectivity index (χ3v) is 5.15. The zero-order valence-corrected chi connectivity index (χ0v) is 13.7. The molecule has 1 atom stereocenters. The minimum Gasteiger partial charge on any atom is -0.335 e. The van der Waals surface area contributed by atoms with Gasteiger partial charge in [0.2, 0.25) is 5.91 Å². The molecule has 9 nitrogen and oxygen atoms in total. The second kappa shape index (κ2) is 5.78. The molecule has 1 saturated heterocycles. The van der Waals surface area contributed by atoms with Gasteiger partial charge in [-0.1, -0.05) is 0 Å². The molecule has 1 aliphatic rings. The Morgan fingerprint density at radius 3 is 2.83 bits per heavy atom. The number of carbonyl (C=O) groups excluding carboxylic acids is 1. The van der Waals surface area contributed by atoms with Crippen LogP contribution in [0.1, 0.15) is 18.5 Å². The maximum Gasteiger partial charge on any atom is 0.258 e. The molecule has 0 spiro atoms. The molecule has 0 aromatic carbocycles. The van der Waals surface area contributed by atoms with E-state index in [1.807, 2.05) is 13.0 Å². The fourth-order valence-corrected chi connectivity index (χ4v) is 3.83. The van der Waals surface area contributed by atoms with Crippen molar-refractivity contribution in [2.45, 2.75) is 30.8 Å². The van der Waals surface area contributed by atoms with Crippen LogP contribution in [0.15, 0.2) is 23.6 Å². The highest BCUT2D eigenvalue weighted by atomic mass is 32.2. The van der Waals surface area contributed by atoms with Crippen LogP contribution in [-0.4, -0.2) is 46.7 Å². The predicted octanol–water partition coefficient (Wildman–Crippen LogP) is -0.0745. The van der Waals surface area contributed by atoms with Crippen LogP contribution in [0, 0.1) is 6.92 Å². The molecule has 3 heterocycles. The molecular formula is C13H18N6O3S. The summed E-state index contributed by atoms with van der Waals surface area (Å²) in [5.74, 6) is 0.389. The third-order valence-electron chi connectivity index (χ3n) is 3.75. The Bertz CT molecular complexity index is 811. The van der Waals surface area contributed by atoms with Crippen LogP contribution in [0.3, 0.4) is 0 Å². The molecule has 2 N–H and O–H groups in total. The third kappa shape index (κ3) is 2.99. The van der Waals surface area contributed by atoms with Gasteiger partial charge >= 0.3 is 0 Å². The van der Waals surface area contributed by atoms with Crippen LogP contribution < -0.4 is 9.62 Å². The first-order chi connectivity index (χ1) is 10.9. The molecule has 0 unspecified atom stereocenters. The highest BCUT2D eigenvalue weighted by Crippen LogP contribution is 2.22. The van der Waals surface area contributed by atoms with Gasteiger partial charge in [-0.3, -0.25) is 14.4 Å². The minimum absolute atomic E-state index is 0.0567. The zero-order chi connectivity index (χ0) is 16.6. The number of piperidine rings is 1. The number of sulfonamides is 1. The van der Waals surface area contributed by atoms with Crippen LogP contribution in [0.25, 0.3) is 0 Å². The Labute approximate surface area is 133 Å². The Kier molecular flexibility index (Phi) is 3.94. The number of aryl methyl sites for hydroxylation is 2. The minimum atomic E-state index is -3.80. The van der Waals surface area contributed by atoms with Crippen molar-refractivity contribution in [1.29, 1.82) is 0 Å². The molecule has 124 valence electrons. The molecule has 0 aliphatic carbocycles. The van der Waals surface area contributed by atoms with Crippen LogP contribution in [0.4, 0.5) is 5.82 Å². The molecule has 2 aromatic heterocycles. The molecule has 3 rings (SSSR count). The summed E-state index contributed by atoms with van der Waals surface area (Å²) in [7, 11) is -2.04. The van der Waals surface area contributed by atoms with Gasteiger partial charge in [-0.2, -0.15) is 9.82 Å². The highest BCUT2D eigenvalue weighted by molar-refractivity contribution is 7.89. The molecule has 0 bridgehead atoms. The number of nitrogens with one attached hydrogen (secondary N) is 2. The average molecular weight is 338 g/mol. The number of nitrogens with zero attached hydrogens (tertiary/aromatic N) is 4. The fraction of sp³-hybridized carbons (Fsp3) is 0.462. The number of anilines is 1. The lowest BCUT2D eigenvalue weighted by molar-refractivity contribution is -0.121. The standard InChI is InChI=1S/C13H18N6O3S/c1-9-6-12(18(2)16-9)19-5-3-4-10(13(19)20)17-23(21,22)11-7-14-8-15-11/h6-8,10,17H,3-5H2,1-2H3,(H,14,15)/t10-/m1/s1. The summed E-state index contributed by atoms with van der Waals surface area (Å²) in [5, 5.41) is 4.18. The van der Waals surface area contributed by atoms with E-state index < -0.39 is 16.1 Å². The van der Waals surface area contributed by atoms with Crippen molar-refractivity contribution in [3.05, 3.63) is 24.3 Å². The second-order valence-electron chi connectivity index (χ2n) is 5.49. The van der Waals surface area contributed by atoms with Crippen molar-refractivity contribution in [3.8, 4) is 0 Å². The quantitative estimate of drug-likeness (QED) is 0.810. The van der Waals surface area contributed by atoms with Gasteiger partial charge in [-0.15, -0.1) is 0 Å². The summed E-state index contributed by atoms with van der Waals surface area (Å²) >= 11 is 0. The van der Waals surface area contributed by atoms with E-state index in [1.165, 1.54) is 12.5 Å². The number of H-pyrrole nitrogens is 1. The van der Waals surface area contributed by atoms with Crippen molar-refractivity contribution in [2.24, 2.45) is 7.05 Å². The summed E-state index contributed by atoms with van der Waals surface area (Å²) in [4.78, 5) is 20.5. The predicted molar refractivity (Wildman–Crippen MR) is 82.2 cm³/mol. The summed E-state index contributed by atoms with van der Waals surface area (Å²) in [6.07, 6.45) is 3.64. The summed E-state index contributed by atoms with van der Waals surface area (Å²) in [6.45, 7) is 2.39. The molecule has 0 radical (unpaired) electrons. The van der Waals surface area contributed by atoms with Gasteiger partial charge in [-0.05, 0) is 19.8 Å². The van der Waals surface area contributed by atoms with Gasteiger partial charge in [0.05, 0.1) is 18.2 Å². The SMILES string of the molecule is Cc1cc(N2CCC[C@@H](NS(=O)(=O)c3cnc[nH]3)C2=O)n(C)n1. The number of hydrogen-bond acceptors (Lipinski definition) is 5. The van der Waals surface area contributed by atoms with Crippen LogP contribution in [0.5, 0.6) is 0 Å². The normalized spacial score (nSPS) is 19.3. The molecule has 10 heteroatoms. The number of aromatic nitrogens is 4. The molecular weight excluding hydrogens is 320 g/mol. The van der Waals surface area contributed by atoms with E-state index in [9.17, 15) is 13.2 Å². The van der Waals surface area contributed by atoms with E-state index in [1.54, 1.807) is 16.6 Å². The number of hydrogen-bond donors (Lipinski definition) is 2. The largest absolute Gasteiger partial charge is 0.335 e. The van der Waals surface area contributed by atoms with E-state index in [2.05, 4.69) is 19.8 Å². The van der Waals surface area contributed by atoms with Crippen molar-refractivity contribution in [1.82, 2.24) is 24.5 Å². The topological polar surface area (TPSA) is 113 Å². The van der Waals surface area contributed by atoms with Gasteiger partial charge in [-0.25, -0.2) is 13.4 Å². The van der Waals surface area contributed by atoms with Gasteiger partial charge in [0.15, 0.2) is 5.03 Å². The average Bonchev–Trinajstić information content (AvgIpc) is 3.11. The van der Waals surface area contributed by atoms with E-state index in [-0.39, 0.29) is 10.9 Å².